The van der Waals surface area contributed by atoms with Gasteiger partial charge in [0.15, 0.2) is 5.82 Å². The molecule has 0 atom stereocenters. The van der Waals surface area contributed by atoms with Gasteiger partial charge in [0.25, 0.3) is 5.89 Å². The highest BCUT2D eigenvalue weighted by Crippen LogP contribution is 2.36. The smallest absolute Gasteiger partial charge is 0.257 e. The van der Waals surface area contributed by atoms with Crippen molar-refractivity contribution < 1.29 is 4.52 Å². The van der Waals surface area contributed by atoms with Crippen LogP contribution in [-0.2, 0) is 0 Å². The minimum Gasteiger partial charge on any atom is -0.334 e. The molecule has 0 bridgehead atoms. The summed E-state index contributed by atoms with van der Waals surface area (Å²) in [5, 5.41) is 13.0. The third-order valence-corrected chi connectivity index (χ3v) is 4.49. The number of rotatable bonds is 3. The third kappa shape index (κ3) is 2.97. The van der Waals surface area contributed by atoms with Crippen molar-refractivity contribution in [3.05, 3.63) is 35.7 Å². The lowest BCUT2D eigenvalue weighted by Gasteiger charge is -2.25. The first-order valence-electron chi connectivity index (χ1n) is 7.64. The van der Waals surface area contributed by atoms with E-state index in [1.54, 1.807) is 12.1 Å². The molecule has 1 heterocycles. The van der Waals surface area contributed by atoms with Crippen molar-refractivity contribution in [3.8, 4) is 17.5 Å². The van der Waals surface area contributed by atoms with Gasteiger partial charge in [0.1, 0.15) is 0 Å². The lowest BCUT2D eigenvalue weighted by atomic mass is 9.80. The molecule has 1 aromatic carbocycles. The SMILES string of the molecule is CCC1CCC(c2noc(-c3ccc(C#N)cc3)n2)CC1. The second-order valence-corrected chi connectivity index (χ2v) is 5.77. The van der Waals surface area contributed by atoms with Crippen molar-refractivity contribution in [2.45, 2.75) is 44.9 Å². The Morgan fingerprint density at radius 3 is 2.52 bits per heavy atom. The van der Waals surface area contributed by atoms with Crippen LogP contribution in [0.5, 0.6) is 0 Å². The van der Waals surface area contributed by atoms with E-state index in [4.69, 9.17) is 9.78 Å². The molecule has 4 heteroatoms. The molecule has 0 saturated heterocycles. The molecule has 3 rings (SSSR count). The van der Waals surface area contributed by atoms with E-state index >= 15 is 0 Å². The van der Waals surface area contributed by atoms with Crippen molar-refractivity contribution >= 4 is 0 Å². The van der Waals surface area contributed by atoms with Gasteiger partial charge in [-0.1, -0.05) is 18.5 Å². The zero-order chi connectivity index (χ0) is 14.7. The van der Waals surface area contributed by atoms with Gasteiger partial charge in [-0.3, -0.25) is 0 Å². The molecule has 0 amide bonds. The molecule has 1 aromatic heterocycles. The van der Waals surface area contributed by atoms with Crippen LogP contribution in [0.2, 0.25) is 0 Å². The van der Waals surface area contributed by atoms with Gasteiger partial charge in [0.05, 0.1) is 11.6 Å². The van der Waals surface area contributed by atoms with Crippen LogP contribution >= 0.6 is 0 Å². The molecular weight excluding hydrogens is 262 g/mol. The molecule has 0 radical (unpaired) electrons. The van der Waals surface area contributed by atoms with Gasteiger partial charge in [-0.25, -0.2) is 0 Å². The Bertz CT molecular complexity index is 631. The summed E-state index contributed by atoms with van der Waals surface area (Å²) in [7, 11) is 0. The first-order valence-corrected chi connectivity index (χ1v) is 7.64. The van der Waals surface area contributed by atoms with Crippen LogP contribution in [0, 0.1) is 17.2 Å². The maximum absolute atomic E-state index is 8.81. The summed E-state index contributed by atoms with van der Waals surface area (Å²) in [6.07, 6.45) is 6.12. The Balaban J connectivity index is 1.73. The molecule has 1 aliphatic rings. The largest absolute Gasteiger partial charge is 0.334 e. The predicted octanol–water partition coefficient (Wildman–Crippen LogP) is 4.29. The highest BCUT2D eigenvalue weighted by atomic mass is 16.5. The maximum Gasteiger partial charge on any atom is 0.257 e. The van der Waals surface area contributed by atoms with Crippen LogP contribution in [-0.4, -0.2) is 10.1 Å². The molecule has 0 spiro atoms. The summed E-state index contributed by atoms with van der Waals surface area (Å²) < 4.78 is 5.39. The third-order valence-electron chi connectivity index (χ3n) is 4.49. The van der Waals surface area contributed by atoms with Gasteiger partial charge in [-0.2, -0.15) is 10.2 Å². The van der Waals surface area contributed by atoms with Gasteiger partial charge < -0.3 is 4.52 Å². The number of aromatic nitrogens is 2. The number of nitrogens with zero attached hydrogens (tertiary/aromatic N) is 3. The van der Waals surface area contributed by atoms with Crippen LogP contribution in [0.25, 0.3) is 11.5 Å². The summed E-state index contributed by atoms with van der Waals surface area (Å²) >= 11 is 0. The summed E-state index contributed by atoms with van der Waals surface area (Å²) in [6, 6.07) is 9.35. The molecule has 0 N–H and O–H groups in total. The number of hydrogen-bond donors (Lipinski definition) is 0. The Kier molecular flexibility index (Phi) is 4.01. The van der Waals surface area contributed by atoms with Crippen LogP contribution in [0.15, 0.2) is 28.8 Å². The molecule has 21 heavy (non-hydrogen) atoms. The van der Waals surface area contributed by atoms with E-state index in [1.807, 2.05) is 12.1 Å². The van der Waals surface area contributed by atoms with Gasteiger partial charge >= 0.3 is 0 Å². The van der Waals surface area contributed by atoms with E-state index in [0.717, 1.165) is 30.1 Å². The van der Waals surface area contributed by atoms with Gasteiger partial charge in [-0.15, -0.1) is 0 Å². The fourth-order valence-corrected chi connectivity index (χ4v) is 3.03. The maximum atomic E-state index is 8.81. The Morgan fingerprint density at radius 1 is 1.19 bits per heavy atom. The van der Waals surface area contributed by atoms with Crippen molar-refractivity contribution in [1.82, 2.24) is 10.1 Å². The first kappa shape index (κ1) is 13.8. The average molecular weight is 281 g/mol. The van der Waals surface area contributed by atoms with Gasteiger partial charge in [-0.05, 0) is 55.9 Å². The lowest BCUT2D eigenvalue weighted by molar-refractivity contribution is 0.305. The van der Waals surface area contributed by atoms with Crippen molar-refractivity contribution in [3.63, 3.8) is 0 Å². The Morgan fingerprint density at radius 2 is 1.90 bits per heavy atom. The van der Waals surface area contributed by atoms with Crippen LogP contribution in [0.3, 0.4) is 0 Å². The minimum absolute atomic E-state index is 0.434. The van der Waals surface area contributed by atoms with E-state index in [0.29, 0.717) is 17.4 Å². The van der Waals surface area contributed by atoms with Crippen molar-refractivity contribution in [1.29, 1.82) is 5.26 Å². The topological polar surface area (TPSA) is 62.7 Å². The number of hydrogen-bond acceptors (Lipinski definition) is 4. The van der Waals surface area contributed by atoms with E-state index in [2.05, 4.69) is 23.1 Å². The number of nitriles is 1. The van der Waals surface area contributed by atoms with E-state index in [-0.39, 0.29) is 0 Å². The Labute approximate surface area is 124 Å². The van der Waals surface area contributed by atoms with Crippen LogP contribution in [0.1, 0.15) is 56.3 Å². The van der Waals surface area contributed by atoms with Crippen molar-refractivity contribution in [2.75, 3.05) is 0 Å². The van der Waals surface area contributed by atoms with Crippen LogP contribution < -0.4 is 0 Å². The summed E-state index contributed by atoms with van der Waals surface area (Å²) in [5.74, 6) is 2.69. The summed E-state index contributed by atoms with van der Waals surface area (Å²) in [4.78, 5) is 4.55. The highest BCUT2D eigenvalue weighted by Gasteiger charge is 2.25. The minimum atomic E-state index is 0.434. The van der Waals surface area contributed by atoms with Gasteiger partial charge in [0.2, 0.25) is 0 Å². The second-order valence-electron chi connectivity index (χ2n) is 5.77. The molecule has 2 aromatic rings. The van der Waals surface area contributed by atoms with Crippen LogP contribution in [0.4, 0.5) is 0 Å². The Hall–Kier alpha value is -2.15. The fourth-order valence-electron chi connectivity index (χ4n) is 3.03. The number of benzene rings is 1. The predicted molar refractivity (Wildman–Crippen MR) is 79.4 cm³/mol. The average Bonchev–Trinajstić information content (AvgIpc) is 3.05. The molecule has 4 nitrogen and oxygen atoms in total. The zero-order valence-electron chi connectivity index (χ0n) is 12.2. The second kappa shape index (κ2) is 6.09. The molecule has 1 aliphatic carbocycles. The normalized spacial score (nSPS) is 21.9. The van der Waals surface area contributed by atoms with Gasteiger partial charge in [0, 0.05) is 11.5 Å². The quantitative estimate of drug-likeness (QED) is 0.841. The standard InChI is InChI=1S/C17H19N3O/c1-2-12-3-7-14(8-4-12)16-19-17(21-20-16)15-9-5-13(11-18)6-10-15/h5-6,9-10,12,14H,2-4,7-8H2,1H3. The molecule has 1 saturated carbocycles. The lowest BCUT2D eigenvalue weighted by Crippen LogP contribution is -2.13. The molecule has 1 fully saturated rings. The first-order chi connectivity index (χ1) is 10.3. The van der Waals surface area contributed by atoms with E-state index in [9.17, 15) is 0 Å². The summed E-state index contributed by atoms with van der Waals surface area (Å²) in [5.41, 5.74) is 1.51. The highest BCUT2D eigenvalue weighted by molar-refractivity contribution is 5.54. The van der Waals surface area contributed by atoms with E-state index in [1.165, 1.54) is 19.3 Å². The van der Waals surface area contributed by atoms with E-state index < -0.39 is 0 Å². The molecule has 0 unspecified atom stereocenters. The zero-order valence-corrected chi connectivity index (χ0v) is 12.2. The monoisotopic (exact) mass is 281 g/mol. The molecule has 0 aliphatic heterocycles. The molecular formula is C17H19N3O. The summed E-state index contributed by atoms with van der Waals surface area (Å²) in [6.45, 7) is 2.27. The molecule has 108 valence electrons. The van der Waals surface area contributed by atoms with Crippen molar-refractivity contribution in [2.24, 2.45) is 5.92 Å². The fraction of sp³-hybridized carbons (Fsp3) is 0.471.